The third kappa shape index (κ3) is 1.48. The standard InChI is InChI=1S/C16H19N3/c17-19-18-16(13-4-2-1-3-5-13)14-7-11-6-12(9-14)10-15(16)8-11/h1-5,11-12,14-15H,6-10H2. The lowest BCUT2D eigenvalue weighted by Crippen LogP contribution is -2.54. The van der Waals surface area contributed by atoms with E-state index in [9.17, 15) is 0 Å². The van der Waals surface area contributed by atoms with Crippen LogP contribution in [0.5, 0.6) is 0 Å². The van der Waals surface area contributed by atoms with Crippen LogP contribution in [0.2, 0.25) is 0 Å². The maximum atomic E-state index is 9.14. The molecule has 1 aromatic carbocycles. The third-order valence-electron chi connectivity index (χ3n) is 5.83. The van der Waals surface area contributed by atoms with Crippen molar-refractivity contribution < 1.29 is 0 Å². The molecule has 4 aliphatic carbocycles. The molecule has 1 aromatic rings. The quantitative estimate of drug-likeness (QED) is 0.418. The van der Waals surface area contributed by atoms with Crippen LogP contribution < -0.4 is 0 Å². The van der Waals surface area contributed by atoms with Gasteiger partial charge in [-0.3, -0.25) is 0 Å². The van der Waals surface area contributed by atoms with Crippen molar-refractivity contribution in [3.8, 4) is 0 Å². The largest absolute Gasteiger partial charge is 0.0820 e. The van der Waals surface area contributed by atoms with Gasteiger partial charge in [0.1, 0.15) is 0 Å². The van der Waals surface area contributed by atoms with Gasteiger partial charge >= 0.3 is 0 Å². The van der Waals surface area contributed by atoms with Crippen molar-refractivity contribution in [2.45, 2.75) is 37.6 Å². The van der Waals surface area contributed by atoms with Crippen molar-refractivity contribution in [3.63, 3.8) is 0 Å². The van der Waals surface area contributed by atoms with Gasteiger partial charge in [0.15, 0.2) is 0 Å². The molecule has 19 heavy (non-hydrogen) atoms. The molecule has 0 amide bonds. The molecule has 4 bridgehead atoms. The molecule has 0 saturated heterocycles. The van der Waals surface area contributed by atoms with Gasteiger partial charge in [0.2, 0.25) is 0 Å². The summed E-state index contributed by atoms with van der Waals surface area (Å²) in [5, 5.41) is 4.41. The molecule has 4 saturated carbocycles. The zero-order valence-electron chi connectivity index (χ0n) is 11.1. The first-order valence-corrected chi connectivity index (χ1v) is 7.44. The zero-order chi connectivity index (χ0) is 12.9. The smallest absolute Gasteiger partial charge is 0.0794 e. The fraction of sp³-hybridized carbons (Fsp3) is 0.625. The predicted octanol–water partition coefficient (Wildman–Crippen LogP) is 4.65. The molecule has 0 spiro atoms. The highest BCUT2D eigenvalue weighted by molar-refractivity contribution is 5.30. The molecule has 98 valence electrons. The van der Waals surface area contributed by atoms with Crippen LogP contribution in [-0.4, -0.2) is 0 Å². The van der Waals surface area contributed by atoms with Gasteiger partial charge < -0.3 is 0 Å². The van der Waals surface area contributed by atoms with Gasteiger partial charge in [-0.2, -0.15) is 0 Å². The normalized spacial score (nSPS) is 42.9. The number of rotatable bonds is 2. The van der Waals surface area contributed by atoms with E-state index in [0.29, 0.717) is 11.8 Å². The topological polar surface area (TPSA) is 48.8 Å². The van der Waals surface area contributed by atoms with Crippen LogP contribution in [0.4, 0.5) is 0 Å². The van der Waals surface area contributed by atoms with E-state index < -0.39 is 0 Å². The van der Waals surface area contributed by atoms with Crippen LogP contribution in [0.25, 0.3) is 10.4 Å². The van der Waals surface area contributed by atoms with E-state index in [1.807, 2.05) is 6.07 Å². The van der Waals surface area contributed by atoms with Gasteiger partial charge in [0.25, 0.3) is 0 Å². The minimum absolute atomic E-state index is 0.247. The molecular weight excluding hydrogens is 234 g/mol. The number of hydrogen-bond donors (Lipinski definition) is 0. The highest BCUT2D eigenvalue weighted by Crippen LogP contribution is 2.63. The van der Waals surface area contributed by atoms with E-state index in [1.165, 1.54) is 37.7 Å². The van der Waals surface area contributed by atoms with Crippen molar-refractivity contribution in [2.75, 3.05) is 0 Å². The molecule has 0 aromatic heterocycles. The van der Waals surface area contributed by atoms with Crippen LogP contribution in [0.3, 0.4) is 0 Å². The number of azide groups is 1. The fourth-order valence-corrected chi connectivity index (χ4v) is 5.37. The van der Waals surface area contributed by atoms with E-state index in [1.54, 1.807) is 0 Å². The second-order valence-electron chi connectivity index (χ2n) is 6.69. The highest BCUT2D eigenvalue weighted by atomic mass is 15.2. The minimum Gasteiger partial charge on any atom is -0.0820 e. The van der Waals surface area contributed by atoms with Crippen molar-refractivity contribution in [2.24, 2.45) is 28.8 Å². The summed E-state index contributed by atoms with van der Waals surface area (Å²) < 4.78 is 0. The van der Waals surface area contributed by atoms with Gasteiger partial charge in [-0.05, 0) is 66.9 Å². The lowest BCUT2D eigenvalue weighted by molar-refractivity contribution is -0.0580. The molecule has 0 N–H and O–H groups in total. The summed E-state index contributed by atoms with van der Waals surface area (Å²) in [5.41, 5.74) is 10.1. The Labute approximate surface area is 113 Å². The molecule has 0 aliphatic heterocycles. The molecule has 0 heterocycles. The van der Waals surface area contributed by atoms with E-state index in [4.69, 9.17) is 5.53 Å². The Morgan fingerprint density at radius 2 is 1.53 bits per heavy atom. The second kappa shape index (κ2) is 4.01. The van der Waals surface area contributed by atoms with Crippen LogP contribution in [0, 0.1) is 23.7 Å². The highest BCUT2D eigenvalue weighted by Gasteiger charge is 2.57. The third-order valence-corrected chi connectivity index (χ3v) is 5.83. The van der Waals surface area contributed by atoms with E-state index in [2.05, 4.69) is 34.3 Å². The Bertz CT molecular complexity index is 502. The van der Waals surface area contributed by atoms with Crippen molar-refractivity contribution in [3.05, 3.63) is 46.3 Å². The summed E-state index contributed by atoms with van der Waals surface area (Å²) in [7, 11) is 0. The molecule has 5 rings (SSSR count). The first-order valence-electron chi connectivity index (χ1n) is 7.44. The maximum Gasteiger partial charge on any atom is 0.0794 e. The average Bonchev–Trinajstić information content (AvgIpc) is 2.43. The SMILES string of the molecule is [N-]=[N+]=NC1(c2ccccc2)C2CC3CC(C2)CC1C3. The van der Waals surface area contributed by atoms with Crippen molar-refractivity contribution in [1.82, 2.24) is 0 Å². The summed E-state index contributed by atoms with van der Waals surface area (Å²) in [4.78, 5) is 3.26. The van der Waals surface area contributed by atoms with Crippen LogP contribution in [0.15, 0.2) is 35.4 Å². The summed E-state index contributed by atoms with van der Waals surface area (Å²) in [5.74, 6) is 2.94. The maximum absolute atomic E-state index is 9.14. The molecule has 3 nitrogen and oxygen atoms in total. The molecule has 3 heteroatoms. The summed E-state index contributed by atoms with van der Waals surface area (Å²) in [6.45, 7) is 0. The second-order valence-corrected chi connectivity index (χ2v) is 6.69. The van der Waals surface area contributed by atoms with Gasteiger partial charge in [0.05, 0.1) is 5.54 Å². The molecule has 4 aliphatic rings. The van der Waals surface area contributed by atoms with Crippen molar-refractivity contribution in [1.29, 1.82) is 0 Å². The Morgan fingerprint density at radius 3 is 2.05 bits per heavy atom. The Kier molecular flexibility index (Phi) is 2.40. The summed E-state index contributed by atoms with van der Waals surface area (Å²) in [6.07, 6.45) is 6.48. The van der Waals surface area contributed by atoms with Crippen LogP contribution in [0.1, 0.15) is 37.7 Å². The Morgan fingerprint density at radius 1 is 0.947 bits per heavy atom. The number of benzene rings is 1. The van der Waals surface area contributed by atoms with Gasteiger partial charge in [0, 0.05) is 4.91 Å². The van der Waals surface area contributed by atoms with Gasteiger partial charge in [-0.1, -0.05) is 35.4 Å². The molecule has 4 fully saturated rings. The van der Waals surface area contributed by atoms with Gasteiger partial charge in [-0.15, -0.1) is 0 Å². The Balaban J connectivity index is 1.86. The van der Waals surface area contributed by atoms with E-state index in [0.717, 1.165) is 11.8 Å². The molecular formula is C16H19N3. The average molecular weight is 253 g/mol. The first kappa shape index (κ1) is 11.4. The number of nitrogens with zero attached hydrogens (tertiary/aromatic N) is 3. The van der Waals surface area contributed by atoms with E-state index in [-0.39, 0.29) is 5.54 Å². The fourth-order valence-electron chi connectivity index (χ4n) is 5.37. The van der Waals surface area contributed by atoms with E-state index >= 15 is 0 Å². The first-order chi connectivity index (χ1) is 9.33. The van der Waals surface area contributed by atoms with Crippen LogP contribution >= 0.6 is 0 Å². The zero-order valence-corrected chi connectivity index (χ0v) is 11.1. The lowest BCUT2D eigenvalue weighted by atomic mass is 9.47. The minimum atomic E-state index is -0.247. The van der Waals surface area contributed by atoms with Crippen LogP contribution in [-0.2, 0) is 5.54 Å². The van der Waals surface area contributed by atoms with Crippen molar-refractivity contribution >= 4 is 0 Å². The summed E-state index contributed by atoms with van der Waals surface area (Å²) >= 11 is 0. The summed E-state index contributed by atoms with van der Waals surface area (Å²) in [6, 6.07) is 10.5. The lowest BCUT2D eigenvalue weighted by Gasteiger charge is -2.59. The predicted molar refractivity (Wildman–Crippen MR) is 74.3 cm³/mol. The molecule has 0 radical (unpaired) electrons. The Hall–Kier alpha value is -1.47. The molecule has 0 unspecified atom stereocenters. The number of hydrogen-bond acceptors (Lipinski definition) is 1. The van der Waals surface area contributed by atoms with Gasteiger partial charge in [-0.25, -0.2) is 0 Å². The monoisotopic (exact) mass is 253 g/mol. The molecule has 0 atom stereocenters.